The molecule has 0 aliphatic heterocycles. The summed E-state index contributed by atoms with van der Waals surface area (Å²) in [4.78, 5) is 2.55. The highest BCUT2D eigenvalue weighted by atomic mass is 15.1. The average molecular weight is 818 g/mol. The van der Waals surface area contributed by atoms with Crippen LogP contribution in [0.2, 0.25) is 0 Å². The van der Waals surface area contributed by atoms with Crippen LogP contribution in [0.15, 0.2) is 224 Å². The Labute approximate surface area is 375 Å². The van der Waals surface area contributed by atoms with Crippen LogP contribution in [-0.2, 0) is 10.8 Å². The third-order valence-corrected chi connectivity index (χ3v) is 15.1. The van der Waals surface area contributed by atoms with Gasteiger partial charge in [0, 0.05) is 22.5 Å². The monoisotopic (exact) mass is 817 g/mol. The van der Waals surface area contributed by atoms with Crippen molar-refractivity contribution in [1.29, 1.82) is 0 Å². The zero-order valence-corrected chi connectivity index (χ0v) is 35.8. The highest BCUT2D eigenvalue weighted by Crippen LogP contribution is 2.59. The van der Waals surface area contributed by atoms with Gasteiger partial charge in [-0.1, -0.05) is 201 Å². The molecule has 0 saturated heterocycles. The Hall–Kier alpha value is -7.48. The molecule has 3 aliphatic carbocycles. The lowest BCUT2D eigenvalue weighted by molar-refractivity contribution is 0.353. The van der Waals surface area contributed by atoms with Gasteiger partial charge in [-0.05, 0) is 144 Å². The molecule has 304 valence electrons. The summed E-state index contributed by atoms with van der Waals surface area (Å²) in [6, 6.07) is 84.8. The van der Waals surface area contributed by atoms with Gasteiger partial charge in [-0.2, -0.15) is 0 Å². The molecule has 0 heterocycles. The molecule has 1 heteroatoms. The first-order chi connectivity index (χ1) is 31.7. The third-order valence-electron chi connectivity index (χ3n) is 15.1. The van der Waals surface area contributed by atoms with Gasteiger partial charge in [0.25, 0.3) is 0 Å². The van der Waals surface area contributed by atoms with Gasteiger partial charge in [0.05, 0.1) is 5.41 Å². The number of nitrogens with zero attached hydrogens (tertiary/aromatic N) is 1. The van der Waals surface area contributed by atoms with Crippen molar-refractivity contribution in [1.82, 2.24) is 0 Å². The summed E-state index contributed by atoms with van der Waals surface area (Å²) >= 11 is 0. The summed E-state index contributed by atoms with van der Waals surface area (Å²) in [5.41, 5.74) is 19.0. The lowest BCUT2D eigenvalue weighted by atomic mass is 9.67. The predicted octanol–water partition coefficient (Wildman–Crippen LogP) is 16.7. The van der Waals surface area contributed by atoms with Gasteiger partial charge in [0.15, 0.2) is 0 Å². The van der Waals surface area contributed by atoms with E-state index < -0.39 is 5.41 Å². The van der Waals surface area contributed by atoms with E-state index in [9.17, 15) is 0 Å². The van der Waals surface area contributed by atoms with Crippen molar-refractivity contribution in [3.8, 4) is 33.4 Å². The highest BCUT2D eigenvalue weighted by molar-refractivity contribution is 6.08. The minimum absolute atomic E-state index is 0.0386. The smallest absolute Gasteiger partial charge is 0.0714 e. The first-order valence-electron chi connectivity index (χ1n) is 23.1. The number of fused-ring (bicyclic) bond motifs is 11. The fraction of sp³-hybridized carbons (Fsp3) is 0.111. The molecule has 0 aromatic heterocycles. The average Bonchev–Trinajstić information content (AvgIpc) is 3.81. The lowest BCUT2D eigenvalue weighted by Crippen LogP contribution is -2.29. The Morgan fingerprint density at radius 3 is 1.58 bits per heavy atom. The van der Waals surface area contributed by atoms with Crippen LogP contribution >= 0.6 is 0 Å². The minimum atomic E-state index is -0.502. The largest absolute Gasteiger partial charge is 0.310 e. The number of benzene rings is 10. The van der Waals surface area contributed by atoms with E-state index in [1.165, 1.54) is 126 Å². The Kier molecular flexibility index (Phi) is 8.43. The van der Waals surface area contributed by atoms with Gasteiger partial charge in [-0.25, -0.2) is 0 Å². The SMILES string of the molecule is c1ccc(C2(c3ccccc3)c3ccccc3-c3ccc(N(c4cccc(-c5ccc6ccc7ccccc7c6c5)c4)c4ccc5c(c4)C4(CCCCC4)c4ccccc4-5)cc32)cc1. The summed E-state index contributed by atoms with van der Waals surface area (Å²) in [6.07, 6.45) is 6.22. The normalized spacial score (nSPS) is 15.1. The Morgan fingerprint density at radius 2 is 0.844 bits per heavy atom. The fourth-order valence-electron chi connectivity index (χ4n) is 12.3. The Morgan fingerprint density at radius 1 is 0.312 bits per heavy atom. The van der Waals surface area contributed by atoms with E-state index in [-0.39, 0.29) is 5.41 Å². The highest BCUT2D eigenvalue weighted by Gasteiger charge is 2.47. The quantitative estimate of drug-likeness (QED) is 0.151. The topological polar surface area (TPSA) is 3.24 Å². The van der Waals surface area contributed by atoms with Crippen LogP contribution in [-0.4, -0.2) is 0 Å². The van der Waals surface area contributed by atoms with Crippen molar-refractivity contribution in [2.75, 3.05) is 4.90 Å². The second kappa shape index (κ2) is 14.5. The molecule has 0 radical (unpaired) electrons. The molecule has 10 aromatic carbocycles. The van der Waals surface area contributed by atoms with E-state index in [0.717, 1.165) is 11.4 Å². The maximum atomic E-state index is 2.57. The maximum absolute atomic E-state index is 2.57. The molecule has 1 saturated carbocycles. The number of rotatable bonds is 6. The summed E-state index contributed by atoms with van der Waals surface area (Å²) in [6.45, 7) is 0. The van der Waals surface area contributed by atoms with Crippen molar-refractivity contribution >= 4 is 38.6 Å². The second-order valence-corrected chi connectivity index (χ2v) is 18.3. The summed E-state index contributed by atoms with van der Waals surface area (Å²) in [5.74, 6) is 0. The molecular weight excluding hydrogens is 771 g/mol. The molecule has 0 N–H and O–H groups in total. The van der Waals surface area contributed by atoms with Crippen LogP contribution in [0.25, 0.3) is 54.9 Å². The summed E-state index contributed by atoms with van der Waals surface area (Å²) < 4.78 is 0. The molecule has 1 spiro atoms. The van der Waals surface area contributed by atoms with Gasteiger partial charge >= 0.3 is 0 Å². The first-order valence-corrected chi connectivity index (χ1v) is 23.1. The van der Waals surface area contributed by atoms with Crippen molar-refractivity contribution in [2.24, 2.45) is 0 Å². The molecule has 0 amide bonds. The van der Waals surface area contributed by atoms with Crippen LogP contribution in [0.4, 0.5) is 17.1 Å². The van der Waals surface area contributed by atoms with Crippen LogP contribution in [0, 0.1) is 0 Å². The van der Waals surface area contributed by atoms with Crippen molar-refractivity contribution in [3.63, 3.8) is 0 Å². The van der Waals surface area contributed by atoms with Gasteiger partial charge in [0.2, 0.25) is 0 Å². The molecule has 0 unspecified atom stereocenters. The lowest BCUT2D eigenvalue weighted by Gasteiger charge is -2.37. The maximum Gasteiger partial charge on any atom is 0.0714 e. The molecule has 1 fully saturated rings. The van der Waals surface area contributed by atoms with E-state index >= 15 is 0 Å². The van der Waals surface area contributed by atoms with Crippen molar-refractivity contribution in [3.05, 3.63) is 258 Å². The van der Waals surface area contributed by atoms with Crippen molar-refractivity contribution < 1.29 is 0 Å². The molecule has 0 atom stereocenters. The van der Waals surface area contributed by atoms with Gasteiger partial charge < -0.3 is 4.90 Å². The Balaban J connectivity index is 1.05. The molecule has 0 bridgehead atoms. The summed E-state index contributed by atoms with van der Waals surface area (Å²) in [7, 11) is 0. The van der Waals surface area contributed by atoms with Crippen LogP contribution < -0.4 is 4.90 Å². The van der Waals surface area contributed by atoms with Gasteiger partial charge in [-0.3, -0.25) is 0 Å². The third kappa shape index (κ3) is 5.43. The molecule has 10 aromatic rings. The van der Waals surface area contributed by atoms with E-state index in [1.807, 2.05) is 0 Å². The number of hydrogen-bond acceptors (Lipinski definition) is 1. The van der Waals surface area contributed by atoms with Crippen LogP contribution in [0.1, 0.15) is 65.5 Å². The molecule has 64 heavy (non-hydrogen) atoms. The van der Waals surface area contributed by atoms with Gasteiger partial charge in [-0.15, -0.1) is 0 Å². The van der Waals surface area contributed by atoms with Crippen LogP contribution in [0.5, 0.6) is 0 Å². The minimum Gasteiger partial charge on any atom is -0.310 e. The summed E-state index contributed by atoms with van der Waals surface area (Å²) in [5, 5.41) is 5.10. The zero-order chi connectivity index (χ0) is 42.2. The first kappa shape index (κ1) is 37.1. The standard InChI is InChI=1S/C63H47N/c1-4-19-47(20-5-1)63(48-21-6-2-7-22-48)59-28-13-11-26-54(59)56-36-34-51(42-61(56)63)64(50-33-35-55-53-25-10-12-27-58(53)62(60(55)41-50)37-14-3-15-38-62)49-23-16-18-45(39-49)46-32-31-44-30-29-43-17-8-9-24-52(43)57(44)40-46/h1-2,4-13,16-36,39-42H,3,14-15,37-38H2. The van der Waals surface area contributed by atoms with Crippen molar-refractivity contribution in [2.45, 2.75) is 42.9 Å². The van der Waals surface area contributed by atoms with E-state index in [1.54, 1.807) is 0 Å². The Bertz CT molecular complexity index is 3390. The van der Waals surface area contributed by atoms with Gasteiger partial charge in [0.1, 0.15) is 0 Å². The van der Waals surface area contributed by atoms with Crippen LogP contribution in [0.3, 0.4) is 0 Å². The zero-order valence-electron chi connectivity index (χ0n) is 35.8. The van der Waals surface area contributed by atoms with E-state index in [2.05, 4.69) is 229 Å². The number of anilines is 3. The molecule has 13 rings (SSSR count). The second-order valence-electron chi connectivity index (χ2n) is 18.3. The fourth-order valence-corrected chi connectivity index (χ4v) is 12.3. The molecule has 3 aliphatic rings. The van der Waals surface area contributed by atoms with E-state index in [0.29, 0.717) is 0 Å². The molecule has 1 nitrogen and oxygen atoms in total. The number of hydrogen-bond donors (Lipinski definition) is 0. The predicted molar refractivity (Wildman–Crippen MR) is 268 cm³/mol. The molecular formula is C63H47N. The van der Waals surface area contributed by atoms with E-state index in [4.69, 9.17) is 0 Å².